The molecule has 0 aliphatic carbocycles. The number of amides is 1. The standard InChI is InChI=1S/C27H33N3O9S2/c1-5-38-25(31)22-18-40-24(28-22)21(29-26(32)39-17-19-11-7-6-8-12-19)15-16-41(33,34)30-27(36-3,37-4)20-13-9-10-14-23(20)35-2/h6-14,18,21,30H,5,15-17H2,1-4H3,(H,29,32). The average molecular weight is 608 g/mol. The van der Waals surface area contributed by atoms with E-state index in [0.717, 1.165) is 16.9 Å². The van der Waals surface area contributed by atoms with E-state index in [1.807, 2.05) is 18.2 Å². The summed E-state index contributed by atoms with van der Waals surface area (Å²) in [6.45, 7) is 1.84. The highest BCUT2D eigenvalue weighted by Crippen LogP contribution is 2.32. The van der Waals surface area contributed by atoms with Gasteiger partial charge in [-0.2, -0.15) is 4.72 Å². The van der Waals surface area contributed by atoms with Gasteiger partial charge in [-0.15, -0.1) is 11.3 Å². The summed E-state index contributed by atoms with van der Waals surface area (Å²) >= 11 is 1.08. The first-order valence-corrected chi connectivity index (χ1v) is 15.0. The number of sulfonamides is 1. The number of esters is 1. The Hall–Kier alpha value is -3.56. The number of alkyl carbamates (subject to hydrolysis) is 1. The van der Waals surface area contributed by atoms with Gasteiger partial charge in [-0.3, -0.25) is 0 Å². The second-order valence-electron chi connectivity index (χ2n) is 8.48. The van der Waals surface area contributed by atoms with Crippen LogP contribution in [0.25, 0.3) is 0 Å². The Morgan fingerprint density at radius 1 is 1.00 bits per heavy atom. The van der Waals surface area contributed by atoms with E-state index in [2.05, 4.69) is 15.0 Å². The molecule has 14 heteroatoms. The van der Waals surface area contributed by atoms with Crippen molar-refractivity contribution in [3.8, 4) is 5.75 Å². The maximum absolute atomic E-state index is 13.3. The van der Waals surface area contributed by atoms with E-state index in [9.17, 15) is 18.0 Å². The van der Waals surface area contributed by atoms with Crippen LogP contribution in [0, 0.1) is 0 Å². The molecule has 1 atom stereocenters. The molecule has 1 heterocycles. The van der Waals surface area contributed by atoms with Crippen LogP contribution in [0.1, 0.15) is 46.0 Å². The summed E-state index contributed by atoms with van der Waals surface area (Å²) in [5.74, 6) is -2.65. The van der Waals surface area contributed by atoms with Crippen molar-refractivity contribution in [2.45, 2.75) is 31.9 Å². The molecule has 0 spiro atoms. The lowest BCUT2D eigenvalue weighted by molar-refractivity contribution is -0.224. The summed E-state index contributed by atoms with van der Waals surface area (Å²) in [7, 11) is -0.0922. The van der Waals surface area contributed by atoms with Gasteiger partial charge in [0, 0.05) is 19.6 Å². The van der Waals surface area contributed by atoms with E-state index in [4.69, 9.17) is 23.7 Å². The van der Waals surface area contributed by atoms with Crippen LogP contribution in [-0.4, -0.2) is 59.2 Å². The lowest BCUT2D eigenvalue weighted by Crippen LogP contribution is -2.50. The van der Waals surface area contributed by atoms with Crippen LogP contribution in [0.3, 0.4) is 0 Å². The number of ether oxygens (including phenoxy) is 5. The molecule has 1 aromatic heterocycles. The fourth-order valence-corrected chi connectivity index (χ4v) is 6.01. The van der Waals surface area contributed by atoms with Crippen molar-refractivity contribution in [2.75, 3.05) is 33.7 Å². The van der Waals surface area contributed by atoms with Gasteiger partial charge in [0.15, 0.2) is 5.69 Å². The number of nitrogens with one attached hydrogen (secondary N) is 2. The number of carbonyl (C=O) groups excluding carboxylic acids is 2. The van der Waals surface area contributed by atoms with Gasteiger partial charge in [0.1, 0.15) is 17.4 Å². The highest BCUT2D eigenvalue weighted by Gasteiger charge is 2.40. The number of benzene rings is 2. The third kappa shape index (κ3) is 8.71. The van der Waals surface area contributed by atoms with E-state index in [1.54, 1.807) is 43.3 Å². The lowest BCUT2D eigenvalue weighted by atomic mass is 10.1. The second-order valence-corrected chi connectivity index (χ2v) is 11.2. The first kappa shape index (κ1) is 32.0. The summed E-state index contributed by atoms with van der Waals surface area (Å²) in [6, 6.07) is 14.8. The zero-order valence-corrected chi connectivity index (χ0v) is 24.8. The predicted octanol–water partition coefficient (Wildman–Crippen LogP) is 3.71. The van der Waals surface area contributed by atoms with Crippen molar-refractivity contribution in [3.63, 3.8) is 0 Å². The number of hydrogen-bond acceptors (Lipinski definition) is 11. The quantitative estimate of drug-likeness (QED) is 0.193. The maximum atomic E-state index is 13.3. The number of hydrogen-bond donors (Lipinski definition) is 2. The normalized spacial score (nSPS) is 12.4. The van der Waals surface area contributed by atoms with Gasteiger partial charge in [0.25, 0.3) is 5.91 Å². The summed E-state index contributed by atoms with van der Waals surface area (Å²) in [6.07, 6.45) is -0.907. The molecular weight excluding hydrogens is 574 g/mol. The van der Waals surface area contributed by atoms with Gasteiger partial charge in [-0.25, -0.2) is 23.0 Å². The monoisotopic (exact) mass is 607 g/mol. The Labute approximate surface area is 243 Å². The summed E-state index contributed by atoms with van der Waals surface area (Å²) in [5.41, 5.74) is 1.12. The molecule has 222 valence electrons. The highest BCUT2D eigenvalue weighted by molar-refractivity contribution is 7.89. The molecular formula is C27H33N3O9S2. The molecule has 2 N–H and O–H groups in total. The van der Waals surface area contributed by atoms with E-state index in [0.29, 0.717) is 16.3 Å². The van der Waals surface area contributed by atoms with Crippen LogP contribution in [-0.2, 0) is 41.5 Å². The molecule has 12 nitrogen and oxygen atoms in total. The Kier molecular flexibility index (Phi) is 11.6. The van der Waals surface area contributed by atoms with Crippen LogP contribution in [0.5, 0.6) is 5.75 Å². The maximum Gasteiger partial charge on any atom is 0.408 e. The molecule has 0 saturated heterocycles. The topological polar surface area (TPSA) is 151 Å². The third-order valence-electron chi connectivity index (χ3n) is 5.81. The lowest BCUT2D eigenvalue weighted by Gasteiger charge is -2.32. The summed E-state index contributed by atoms with van der Waals surface area (Å²) < 4.78 is 55.8. The number of methoxy groups -OCH3 is 3. The van der Waals surface area contributed by atoms with Crippen LogP contribution in [0.4, 0.5) is 4.79 Å². The number of carbonyl (C=O) groups is 2. The van der Waals surface area contributed by atoms with Crippen molar-refractivity contribution < 1.29 is 41.7 Å². The molecule has 3 aromatic rings. The average Bonchev–Trinajstić information content (AvgIpc) is 3.48. The number of para-hydroxylation sites is 1. The van der Waals surface area contributed by atoms with Crippen LogP contribution < -0.4 is 14.8 Å². The molecule has 0 bridgehead atoms. The van der Waals surface area contributed by atoms with Gasteiger partial charge in [0.05, 0.1) is 31.1 Å². The summed E-state index contributed by atoms with van der Waals surface area (Å²) in [4.78, 5) is 29.1. The van der Waals surface area contributed by atoms with Gasteiger partial charge in [-0.05, 0) is 31.0 Å². The Bertz CT molecular complexity index is 1390. The Morgan fingerprint density at radius 2 is 1.68 bits per heavy atom. The van der Waals surface area contributed by atoms with Crippen LogP contribution in [0.15, 0.2) is 60.0 Å². The number of thiazole rings is 1. The fraction of sp³-hybridized carbons (Fsp3) is 0.370. The number of nitrogens with zero attached hydrogens (tertiary/aromatic N) is 1. The van der Waals surface area contributed by atoms with Gasteiger partial charge < -0.3 is 29.0 Å². The molecule has 1 amide bonds. The van der Waals surface area contributed by atoms with Gasteiger partial charge in [0.2, 0.25) is 10.0 Å². The van der Waals surface area contributed by atoms with Crippen molar-refractivity contribution in [3.05, 3.63) is 81.8 Å². The molecule has 3 rings (SSSR count). The first-order chi connectivity index (χ1) is 19.7. The molecule has 0 saturated carbocycles. The van der Waals surface area contributed by atoms with E-state index < -0.39 is 39.8 Å². The Morgan fingerprint density at radius 3 is 2.34 bits per heavy atom. The van der Waals surface area contributed by atoms with Crippen molar-refractivity contribution in [1.82, 2.24) is 15.0 Å². The predicted molar refractivity (Wildman–Crippen MR) is 151 cm³/mol. The van der Waals surface area contributed by atoms with E-state index in [1.165, 1.54) is 26.7 Å². The van der Waals surface area contributed by atoms with E-state index >= 15 is 0 Å². The van der Waals surface area contributed by atoms with Crippen molar-refractivity contribution in [2.24, 2.45) is 0 Å². The minimum Gasteiger partial charge on any atom is -0.496 e. The van der Waals surface area contributed by atoms with Gasteiger partial charge in [-0.1, -0.05) is 42.5 Å². The molecule has 0 radical (unpaired) electrons. The molecule has 2 aromatic carbocycles. The summed E-state index contributed by atoms with van der Waals surface area (Å²) in [5, 5.41) is 4.44. The second kappa shape index (κ2) is 14.9. The zero-order chi connectivity index (χ0) is 29.9. The third-order valence-corrected chi connectivity index (χ3v) is 8.12. The largest absolute Gasteiger partial charge is 0.496 e. The molecule has 0 fully saturated rings. The molecule has 0 aliphatic rings. The van der Waals surface area contributed by atoms with E-state index in [-0.39, 0.29) is 25.3 Å². The SMILES string of the molecule is CCOC(=O)c1csc(C(CCS(=O)(=O)NC(OC)(OC)c2ccccc2OC)NC(=O)OCc2ccccc2)n1. The minimum atomic E-state index is -4.11. The first-order valence-electron chi connectivity index (χ1n) is 12.5. The number of rotatable bonds is 15. The molecule has 0 aliphatic heterocycles. The van der Waals surface area contributed by atoms with Crippen LogP contribution >= 0.6 is 11.3 Å². The van der Waals surface area contributed by atoms with Crippen molar-refractivity contribution in [1.29, 1.82) is 0 Å². The molecule has 41 heavy (non-hydrogen) atoms. The highest BCUT2D eigenvalue weighted by atomic mass is 32.2. The fourth-order valence-electron chi connectivity index (χ4n) is 3.80. The smallest absolute Gasteiger partial charge is 0.408 e. The number of aromatic nitrogens is 1. The van der Waals surface area contributed by atoms with Crippen molar-refractivity contribution >= 4 is 33.4 Å². The van der Waals surface area contributed by atoms with Gasteiger partial charge >= 0.3 is 12.1 Å². The Balaban J connectivity index is 1.80. The van der Waals surface area contributed by atoms with Crippen LogP contribution in [0.2, 0.25) is 0 Å². The minimum absolute atomic E-state index is 0.00823. The zero-order valence-electron chi connectivity index (χ0n) is 23.1. The molecule has 1 unspecified atom stereocenters.